The lowest BCUT2D eigenvalue weighted by atomic mass is 10.2. The highest BCUT2D eigenvalue weighted by molar-refractivity contribution is 8.00. The van der Waals surface area contributed by atoms with Crippen molar-refractivity contribution in [3.05, 3.63) is 60.2 Å². The van der Waals surface area contributed by atoms with Gasteiger partial charge < -0.3 is 5.32 Å². The quantitative estimate of drug-likeness (QED) is 0.545. The highest BCUT2D eigenvalue weighted by Crippen LogP contribution is 2.31. The molecule has 0 fully saturated rings. The van der Waals surface area contributed by atoms with Crippen molar-refractivity contribution in [3.8, 4) is 0 Å². The van der Waals surface area contributed by atoms with Gasteiger partial charge in [-0.05, 0) is 24.6 Å². The lowest BCUT2D eigenvalue weighted by Gasteiger charge is -2.11. The molecular weight excluding hydrogens is 352 g/mol. The molecule has 2 aromatic heterocycles. The molecule has 2 aromatic carbocycles. The van der Waals surface area contributed by atoms with Gasteiger partial charge in [-0.2, -0.15) is 0 Å². The molecule has 0 bridgehead atoms. The van der Waals surface area contributed by atoms with Gasteiger partial charge in [0.2, 0.25) is 10.9 Å². The third-order valence-corrected chi connectivity index (χ3v) is 5.93. The molecule has 0 spiro atoms. The first-order valence-electron chi connectivity index (χ1n) is 7.93. The Kier molecular flexibility index (Phi) is 4.42. The zero-order chi connectivity index (χ0) is 17.2. The number of rotatable bonds is 5. The predicted molar refractivity (Wildman–Crippen MR) is 102 cm³/mol. The molecule has 1 unspecified atom stereocenters. The van der Waals surface area contributed by atoms with E-state index in [9.17, 15) is 4.79 Å². The highest BCUT2D eigenvalue weighted by atomic mass is 32.2. The number of hydrogen-bond acceptors (Lipinski definition) is 5. The van der Waals surface area contributed by atoms with Crippen LogP contribution in [0.15, 0.2) is 59.8 Å². The SMILES string of the molecule is CC(Sc1nnc2sc3ccccc3n12)C(=O)NCc1ccccc1. The van der Waals surface area contributed by atoms with E-state index in [1.807, 2.05) is 59.9 Å². The number of thiazole rings is 1. The number of carbonyl (C=O) groups excluding carboxylic acids is 1. The van der Waals surface area contributed by atoms with E-state index in [2.05, 4.69) is 21.6 Å². The van der Waals surface area contributed by atoms with E-state index in [1.54, 1.807) is 11.3 Å². The van der Waals surface area contributed by atoms with Crippen LogP contribution < -0.4 is 5.32 Å². The molecule has 4 rings (SSSR count). The van der Waals surface area contributed by atoms with Gasteiger partial charge in [0.05, 0.1) is 15.5 Å². The summed E-state index contributed by atoms with van der Waals surface area (Å²) in [5.74, 6) is -0.00913. The minimum atomic E-state index is -0.255. The normalized spacial score (nSPS) is 12.5. The third kappa shape index (κ3) is 3.25. The van der Waals surface area contributed by atoms with Crippen LogP contribution in [-0.2, 0) is 11.3 Å². The summed E-state index contributed by atoms with van der Waals surface area (Å²) in [6.45, 7) is 2.42. The summed E-state index contributed by atoms with van der Waals surface area (Å²) in [7, 11) is 0. The lowest BCUT2D eigenvalue weighted by Crippen LogP contribution is -2.30. The summed E-state index contributed by atoms with van der Waals surface area (Å²) in [5, 5.41) is 12.0. The third-order valence-electron chi connectivity index (χ3n) is 3.87. The Morgan fingerprint density at radius 2 is 1.92 bits per heavy atom. The van der Waals surface area contributed by atoms with Crippen LogP contribution in [0, 0.1) is 0 Å². The molecule has 1 atom stereocenters. The summed E-state index contributed by atoms with van der Waals surface area (Å²) in [6, 6.07) is 18.0. The van der Waals surface area contributed by atoms with Gasteiger partial charge >= 0.3 is 0 Å². The Bertz CT molecular complexity index is 1030. The maximum Gasteiger partial charge on any atom is 0.233 e. The summed E-state index contributed by atoms with van der Waals surface area (Å²) in [5.41, 5.74) is 2.16. The molecule has 0 aliphatic rings. The molecule has 5 nitrogen and oxygen atoms in total. The zero-order valence-electron chi connectivity index (χ0n) is 13.5. The van der Waals surface area contributed by atoms with Crippen molar-refractivity contribution < 1.29 is 4.79 Å². The number of nitrogens with zero attached hydrogens (tertiary/aromatic N) is 3. The fraction of sp³-hybridized carbons (Fsp3) is 0.167. The first-order chi connectivity index (χ1) is 12.2. The van der Waals surface area contributed by atoms with Crippen molar-refractivity contribution in [1.82, 2.24) is 19.9 Å². The lowest BCUT2D eigenvalue weighted by molar-refractivity contribution is -0.120. The number of hydrogen-bond donors (Lipinski definition) is 1. The average molecular weight is 368 g/mol. The molecular formula is C18H16N4OS2. The molecule has 1 N–H and O–H groups in total. The Morgan fingerprint density at radius 3 is 2.76 bits per heavy atom. The minimum Gasteiger partial charge on any atom is -0.351 e. The van der Waals surface area contributed by atoms with Crippen molar-refractivity contribution >= 4 is 44.2 Å². The molecule has 2 heterocycles. The van der Waals surface area contributed by atoms with E-state index in [4.69, 9.17) is 0 Å². The second kappa shape index (κ2) is 6.85. The number of para-hydroxylation sites is 1. The number of amides is 1. The van der Waals surface area contributed by atoms with Crippen LogP contribution in [0.2, 0.25) is 0 Å². The molecule has 0 saturated heterocycles. The van der Waals surface area contributed by atoms with Crippen LogP contribution in [0.5, 0.6) is 0 Å². The Labute approximate surface area is 153 Å². The summed E-state index contributed by atoms with van der Waals surface area (Å²) in [6.07, 6.45) is 0. The average Bonchev–Trinajstić information content (AvgIpc) is 3.20. The van der Waals surface area contributed by atoms with Gasteiger partial charge in [-0.1, -0.05) is 65.6 Å². The zero-order valence-corrected chi connectivity index (χ0v) is 15.2. The van der Waals surface area contributed by atoms with E-state index in [0.29, 0.717) is 6.54 Å². The van der Waals surface area contributed by atoms with E-state index >= 15 is 0 Å². The molecule has 126 valence electrons. The number of carbonyl (C=O) groups is 1. The van der Waals surface area contributed by atoms with E-state index < -0.39 is 0 Å². The molecule has 0 saturated carbocycles. The van der Waals surface area contributed by atoms with Gasteiger partial charge in [0.25, 0.3) is 0 Å². The van der Waals surface area contributed by atoms with Crippen molar-refractivity contribution in [2.75, 3.05) is 0 Å². The van der Waals surface area contributed by atoms with Crippen molar-refractivity contribution in [3.63, 3.8) is 0 Å². The van der Waals surface area contributed by atoms with Crippen molar-refractivity contribution in [2.24, 2.45) is 0 Å². The smallest absolute Gasteiger partial charge is 0.233 e. The van der Waals surface area contributed by atoms with E-state index in [-0.39, 0.29) is 11.2 Å². The van der Waals surface area contributed by atoms with Crippen LogP contribution in [-0.4, -0.2) is 25.8 Å². The molecule has 1 amide bonds. The number of fused-ring (bicyclic) bond motifs is 3. The number of aromatic nitrogens is 3. The highest BCUT2D eigenvalue weighted by Gasteiger charge is 2.19. The Hall–Kier alpha value is -2.38. The van der Waals surface area contributed by atoms with Crippen molar-refractivity contribution in [1.29, 1.82) is 0 Å². The maximum absolute atomic E-state index is 12.4. The van der Waals surface area contributed by atoms with Gasteiger partial charge in [-0.15, -0.1) is 10.2 Å². The predicted octanol–water partition coefficient (Wildman–Crippen LogP) is 3.74. The van der Waals surface area contributed by atoms with Crippen LogP contribution in [0.3, 0.4) is 0 Å². The standard InChI is InChI=1S/C18H16N4OS2/c1-12(16(23)19-11-13-7-3-2-4-8-13)24-17-20-21-18-22(17)14-9-5-6-10-15(14)25-18/h2-10,12H,11H2,1H3,(H,19,23). The monoisotopic (exact) mass is 368 g/mol. The second-order valence-electron chi connectivity index (χ2n) is 5.63. The summed E-state index contributed by atoms with van der Waals surface area (Å²) < 4.78 is 3.18. The Balaban J connectivity index is 1.49. The fourth-order valence-electron chi connectivity index (χ4n) is 2.57. The summed E-state index contributed by atoms with van der Waals surface area (Å²) in [4.78, 5) is 13.2. The van der Waals surface area contributed by atoms with Crippen LogP contribution in [0.1, 0.15) is 12.5 Å². The van der Waals surface area contributed by atoms with Gasteiger partial charge in [-0.25, -0.2) is 0 Å². The molecule has 0 radical (unpaired) electrons. The van der Waals surface area contributed by atoms with Gasteiger partial charge in [0, 0.05) is 6.54 Å². The van der Waals surface area contributed by atoms with Crippen molar-refractivity contribution in [2.45, 2.75) is 23.9 Å². The maximum atomic E-state index is 12.4. The number of thioether (sulfide) groups is 1. The van der Waals surface area contributed by atoms with Crippen LogP contribution >= 0.6 is 23.1 Å². The largest absolute Gasteiger partial charge is 0.351 e. The molecule has 25 heavy (non-hydrogen) atoms. The minimum absolute atomic E-state index is 0.00913. The van der Waals surface area contributed by atoms with Gasteiger partial charge in [0.15, 0.2) is 5.16 Å². The molecule has 0 aliphatic heterocycles. The first-order valence-corrected chi connectivity index (χ1v) is 9.63. The van der Waals surface area contributed by atoms with E-state index in [0.717, 1.165) is 25.9 Å². The first kappa shape index (κ1) is 16.1. The number of benzene rings is 2. The Morgan fingerprint density at radius 1 is 1.16 bits per heavy atom. The molecule has 0 aliphatic carbocycles. The summed E-state index contributed by atoms with van der Waals surface area (Å²) >= 11 is 3.03. The fourth-order valence-corrected chi connectivity index (χ4v) is 4.48. The topological polar surface area (TPSA) is 59.3 Å². The van der Waals surface area contributed by atoms with Crippen LogP contribution in [0.4, 0.5) is 0 Å². The van der Waals surface area contributed by atoms with Crippen LogP contribution in [0.25, 0.3) is 15.2 Å². The molecule has 7 heteroatoms. The molecule has 4 aromatic rings. The van der Waals surface area contributed by atoms with Gasteiger partial charge in [0.1, 0.15) is 0 Å². The van der Waals surface area contributed by atoms with E-state index in [1.165, 1.54) is 11.8 Å². The number of nitrogens with one attached hydrogen (secondary N) is 1. The van der Waals surface area contributed by atoms with Gasteiger partial charge in [-0.3, -0.25) is 9.20 Å². The second-order valence-corrected chi connectivity index (χ2v) is 7.95.